The van der Waals surface area contributed by atoms with Crippen LogP contribution in [-0.2, 0) is 0 Å². The Bertz CT molecular complexity index is 78.2. The van der Waals surface area contributed by atoms with Gasteiger partial charge >= 0.3 is 6.18 Å². The molecule has 0 saturated carbocycles. The maximum absolute atomic E-state index is 11.4. The van der Waals surface area contributed by atoms with E-state index in [0.29, 0.717) is 0 Å². The Morgan fingerprint density at radius 2 is 1.55 bits per heavy atom. The monoisotopic (exact) mass is 171 g/mol. The lowest BCUT2D eigenvalue weighted by Gasteiger charge is -2.09. The molecule has 11 heavy (non-hydrogen) atoms. The van der Waals surface area contributed by atoms with Gasteiger partial charge in [-0.25, -0.2) is 0 Å². The highest BCUT2D eigenvalue weighted by Crippen LogP contribution is 2.12. The van der Waals surface area contributed by atoms with E-state index in [1.807, 2.05) is 13.8 Å². The number of halogens is 3. The van der Waals surface area contributed by atoms with Crippen molar-refractivity contribution < 1.29 is 13.2 Å². The summed E-state index contributed by atoms with van der Waals surface area (Å²) in [5, 5.41) is 2.26. The van der Waals surface area contributed by atoms with Crippen molar-refractivity contribution in [3.63, 3.8) is 0 Å². The molecular weight excluding hydrogens is 155 g/mol. The summed E-state index contributed by atoms with van der Waals surface area (Å²) >= 11 is 0. The van der Waals surface area contributed by atoms with Crippen molar-refractivity contribution in [2.75, 3.05) is 6.54 Å². The highest BCUT2D eigenvalue weighted by atomic mass is 19.4. The largest absolute Gasteiger partial charge is 0.401 e. The summed E-state index contributed by atoms with van der Waals surface area (Å²) in [6, 6.07) is -0.105. The van der Waals surface area contributed by atoms with Gasteiger partial charge in [0.2, 0.25) is 0 Å². The van der Waals surface area contributed by atoms with Gasteiger partial charge in [0.05, 0.1) is 6.54 Å². The Balaban J connectivity index is 0. The van der Waals surface area contributed by atoms with Crippen molar-refractivity contribution in [3.05, 3.63) is 0 Å². The van der Waals surface area contributed by atoms with Crippen molar-refractivity contribution in [1.82, 2.24) is 5.32 Å². The molecule has 0 aromatic carbocycles. The summed E-state index contributed by atoms with van der Waals surface area (Å²) in [5.74, 6) is 0. The van der Waals surface area contributed by atoms with Crippen LogP contribution in [0.3, 0.4) is 0 Å². The fourth-order valence-electron chi connectivity index (χ4n) is 0.320. The first-order valence-corrected chi connectivity index (χ1v) is 3.72. The molecule has 0 aromatic heterocycles. The van der Waals surface area contributed by atoms with E-state index in [1.54, 1.807) is 13.8 Å². The SMILES string of the molecule is CC.CC(C)NCC(F)(F)F. The third-order valence-electron chi connectivity index (χ3n) is 0.711. The average molecular weight is 171 g/mol. The van der Waals surface area contributed by atoms with Crippen LogP contribution in [0, 0.1) is 0 Å². The van der Waals surface area contributed by atoms with E-state index in [4.69, 9.17) is 0 Å². The van der Waals surface area contributed by atoms with Gasteiger partial charge in [-0.05, 0) is 0 Å². The zero-order valence-electron chi connectivity index (χ0n) is 7.42. The fraction of sp³-hybridized carbons (Fsp3) is 1.00. The molecule has 0 fully saturated rings. The van der Waals surface area contributed by atoms with Crippen LogP contribution in [0.15, 0.2) is 0 Å². The van der Waals surface area contributed by atoms with Crippen LogP contribution in [0.25, 0.3) is 0 Å². The number of alkyl halides is 3. The second-order valence-electron chi connectivity index (χ2n) is 2.15. The van der Waals surface area contributed by atoms with Crippen molar-refractivity contribution in [2.24, 2.45) is 0 Å². The lowest BCUT2D eigenvalue weighted by Crippen LogP contribution is -2.33. The highest BCUT2D eigenvalue weighted by molar-refractivity contribution is 4.58. The van der Waals surface area contributed by atoms with Crippen LogP contribution >= 0.6 is 0 Å². The number of hydrogen-bond donors (Lipinski definition) is 1. The van der Waals surface area contributed by atoms with Gasteiger partial charge in [0.25, 0.3) is 0 Å². The summed E-state index contributed by atoms with van der Waals surface area (Å²) < 4.78 is 34.1. The smallest absolute Gasteiger partial charge is 0.306 e. The molecule has 0 unspecified atom stereocenters. The van der Waals surface area contributed by atoms with E-state index in [2.05, 4.69) is 5.32 Å². The fourth-order valence-corrected chi connectivity index (χ4v) is 0.320. The molecule has 0 aliphatic carbocycles. The second-order valence-corrected chi connectivity index (χ2v) is 2.15. The molecule has 0 atom stereocenters. The third kappa shape index (κ3) is 17.7. The van der Waals surface area contributed by atoms with Gasteiger partial charge in [0, 0.05) is 6.04 Å². The van der Waals surface area contributed by atoms with E-state index in [9.17, 15) is 13.2 Å². The van der Waals surface area contributed by atoms with Gasteiger partial charge in [0.15, 0.2) is 0 Å². The van der Waals surface area contributed by atoms with Crippen LogP contribution in [0.5, 0.6) is 0 Å². The zero-order chi connectivity index (χ0) is 9.49. The zero-order valence-corrected chi connectivity index (χ0v) is 7.42. The quantitative estimate of drug-likeness (QED) is 0.673. The molecule has 70 valence electrons. The molecule has 0 aliphatic heterocycles. The first-order chi connectivity index (χ1) is 4.92. The van der Waals surface area contributed by atoms with Crippen LogP contribution in [0.2, 0.25) is 0 Å². The maximum Gasteiger partial charge on any atom is 0.401 e. The Morgan fingerprint density at radius 3 is 1.64 bits per heavy atom. The van der Waals surface area contributed by atoms with Crippen LogP contribution < -0.4 is 5.32 Å². The predicted octanol–water partition coefficient (Wildman–Crippen LogP) is 2.57. The average Bonchev–Trinajstić information content (AvgIpc) is 1.87. The third-order valence-corrected chi connectivity index (χ3v) is 0.711. The van der Waals surface area contributed by atoms with E-state index in [1.165, 1.54) is 0 Å². The molecule has 0 amide bonds. The minimum atomic E-state index is -4.08. The van der Waals surface area contributed by atoms with Crippen LogP contribution in [0.1, 0.15) is 27.7 Å². The minimum absolute atomic E-state index is 0.105. The molecule has 0 bridgehead atoms. The van der Waals surface area contributed by atoms with Gasteiger partial charge in [-0.1, -0.05) is 27.7 Å². The number of hydrogen-bond acceptors (Lipinski definition) is 1. The van der Waals surface area contributed by atoms with E-state index in [0.717, 1.165) is 0 Å². The highest BCUT2D eigenvalue weighted by Gasteiger charge is 2.26. The molecule has 0 heterocycles. The van der Waals surface area contributed by atoms with Crippen molar-refractivity contribution >= 4 is 0 Å². The first-order valence-electron chi connectivity index (χ1n) is 3.72. The standard InChI is InChI=1S/C5H10F3N.C2H6/c1-4(2)9-3-5(6,7)8;1-2/h4,9H,3H2,1-2H3;1-2H3. The van der Waals surface area contributed by atoms with Gasteiger partial charge in [-0.3, -0.25) is 0 Å². The topological polar surface area (TPSA) is 12.0 Å². The van der Waals surface area contributed by atoms with Gasteiger partial charge in [-0.2, -0.15) is 13.2 Å². The summed E-state index contributed by atoms with van der Waals surface area (Å²) in [6.45, 7) is 6.45. The molecule has 0 radical (unpaired) electrons. The first kappa shape index (κ1) is 13.3. The number of nitrogens with one attached hydrogen (secondary N) is 1. The Labute approximate surface area is 66.0 Å². The molecule has 1 N–H and O–H groups in total. The predicted molar refractivity (Wildman–Crippen MR) is 40.5 cm³/mol. The van der Waals surface area contributed by atoms with Crippen molar-refractivity contribution in [2.45, 2.75) is 39.9 Å². The normalized spacial score (nSPS) is 10.9. The van der Waals surface area contributed by atoms with Crippen molar-refractivity contribution in [1.29, 1.82) is 0 Å². The molecule has 0 aromatic rings. The molecule has 0 saturated heterocycles. The van der Waals surface area contributed by atoms with Crippen LogP contribution in [0.4, 0.5) is 13.2 Å². The lowest BCUT2D eigenvalue weighted by atomic mass is 10.4. The van der Waals surface area contributed by atoms with E-state index < -0.39 is 12.7 Å². The Kier molecular flexibility index (Phi) is 7.84. The molecular formula is C7H16F3N. The van der Waals surface area contributed by atoms with E-state index in [-0.39, 0.29) is 6.04 Å². The summed E-state index contributed by atoms with van der Waals surface area (Å²) in [5.41, 5.74) is 0. The number of rotatable bonds is 2. The maximum atomic E-state index is 11.4. The molecule has 0 rings (SSSR count). The Hall–Kier alpha value is -0.250. The Morgan fingerprint density at radius 1 is 1.18 bits per heavy atom. The van der Waals surface area contributed by atoms with Crippen LogP contribution in [-0.4, -0.2) is 18.8 Å². The van der Waals surface area contributed by atoms with Gasteiger partial charge in [-0.15, -0.1) is 0 Å². The summed E-state index contributed by atoms with van der Waals surface area (Å²) in [7, 11) is 0. The minimum Gasteiger partial charge on any atom is -0.306 e. The van der Waals surface area contributed by atoms with Gasteiger partial charge in [0.1, 0.15) is 0 Å². The second kappa shape index (κ2) is 6.46. The molecule has 0 spiro atoms. The molecule has 1 nitrogen and oxygen atoms in total. The summed E-state index contributed by atoms with van der Waals surface area (Å²) in [6.07, 6.45) is -4.08. The molecule has 4 heteroatoms. The lowest BCUT2D eigenvalue weighted by molar-refractivity contribution is -0.125. The van der Waals surface area contributed by atoms with Gasteiger partial charge < -0.3 is 5.32 Å². The van der Waals surface area contributed by atoms with Crippen molar-refractivity contribution in [3.8, 4) is 0 Å². The summed E-state index contributed by atoms with van der Waals surface area (Å²) in [4.78, 5) is 0. The van der Waals surface area contributed by atoms with E-state index >= 15 is 0 Å². The molecule has 0 aliphatic rings.